The van der Waals surface area contributed by atoms with E-state index in [1.54, 1.807) is 0 Å². The Bertz CT molecular complexity index is 124. The summed E-state index contributed by atoms with van der Waals surface area (Å²) in [6.07, 6.45) is 16.1. The summed E-state index contributed by atoms with van der Waals surface area (Å²) in [7, 11) is 0. The predicted octanol–water partition coefficient (Wildman–Crippen LogP) is 5.14. The zero-order chi connectivity index (χ0) is 10.6. The standard InChI is InChI=1S/C14H27/c1-4-7-9-10-11-13-14(6-3)12-8-5-2/h10,14H,4-9,12-13H2,1-3H3. The maximum atomic E-state index is 3.46. The smallest absolute Gasteiger partial charge is 0.0251 e. The molecule has 0 nitrogen and oxygen atoms in total. The first kappa shape index (κ1) is 13.7. The van der Waals surface area contributed by atoms with Gasteiger partial charge in [-0.1, -0.05) is 65.4 Å². The van der Waals surface area contributed by atoms with Crippen LogP contribution < -0.4 is 0 Å². The molecule has 0 heteroatoms. The van der Waals surface area contributed by atoms with Gasteiger partial charge < -0.3 is 0 Å². The average Bonchev–Trinajstić information content (AvgIpc) is 2.22. The fourth-order valence-corrected chi connectivity index (χ4v) is 1.60. The first-order valence-corrected chi connectivity index (χ1v) is 6.40. The second-order valence-corrected chi connectivity index (χ2v) is 4.17. The summed E-state index contributed by atoms with van der Waals surface area (Å²) in [5.74, 6) is 0.882. The molecule has 0 aromatic heterocycles. The molecule has 1 unspecified atom stereocenters. The zero-order valence-electron chi connectivity index (χ0n) is 10.3. The van der Waals surface area contributed by atoms with Crippen LogP contribution in [0.3, 0.4) is 0 Å². The van der Waals surface area contributed by atoms with Crippen molar-refractivity contribution in [2.24, 2.45) is 5.92 Å². The summed E-state index contributed by atoms with van der Waals surface area (Å²) in [4.78, 5) is 0. The van der Waals surface area contributed by atoms with Crippen molar-refractivity contribution < 1.29 is 0 Å². The number of rotatable bonds is 9. The van der Waals surface area contributed by atoms with E-state index in [2.05, 4.69) is 32.9 Å². The highest BCUT2D eigenvalue weighted by atomic mass is 14.1. The van der Waals surface area contributed by atoms with Crippen molar-refractivity contribution in [2.75, 3.05) is 0 Å². The maximum absolute atomic E-state index is 3.46. The minimum absolute atomic E-state index is 0.882. The molecule has 0 bridgehead atoms. The average molecular weight is 195 g/mol. The third kappa shape index (κ3) is 8.34. The van der Waals surface area contributed by atoms with Gasteiger partial charge in [-0.15, -0.1) is 0 Å². The Labute approximate surface area is 90.8 Å². The second kappa shape index (κ2) is 10.8. The highest BCUT2D eigenvalue weighted by Crippen LogP contribution is 2.16. The summed E-state index contributed by atoms with van der Waals surface area (Å²) in [6.45, 7) is 6.81. The van der Waals surface area contributed by atoms with Crippen LogP contribution in [0.15, 0.2) is 6.08 Å². The van der Waals surface area contributed by atoms with E-state index >= 15 is 0 Å². The van der Waals surface area contributed by atoms with Gasteiger partial charge in [-0.25, -0.2) is 0 Å². The number of unbranched alkanes of at least 4 members (excludes halogenated alkanes) is 3. The normalized spacial score (nSPS) is 13.6. The Kier molecular flexibility index (Phi) is 10.6. The van der Waals surface area contributed by atoms with E-state index in [9.17, 15) is 0 Å². The van der Waals surface area contributed by atoms with Gasteiger partial charge in [0.2, 0.25) is 0 Å². The van der Waals surface area contributed by atoms with Crippen LogP contribution >= 0.6 is 0 Å². The van der Waals surface area contributed by atoms with Gasteiger partial charge in [-0.2, -0.15) is 0 Å². The predicted molar refractivity (Wildman–Crippen MR) is 65.3 cm³/mol. The van der Waals surface area contributed by atoms with E-state index in [1.165, 1.54) is 51.4 Å². The monoisotopic (exact) mass is 195 g/mol. The minimum atomic E-state index is 0.882. The molecule has 0 N–H and O–H groups in total. The molecule has 0 rings (SSSR count). The lowest BCUT2D eigenvalue weighted by Crippen LogP contribution is -1.96. The SMILES string of the molecule is CCCC/C=[C]/CC(CC)CCCC. The number of allylic oxidation sites excluding steroid dienone is 2. The third-order valence-electron chi connectivity index (χ3n) is 2.80. The maximum Gasteiger partial charge on any atom is -0.0251 e. The summed E-state index contributed by atoms with van der Waals surface area (Å²) < 4.78 is 0. The lowest BCUT2D eigenvalue weighted by Gasteiger charge is -2.10. The second-order valence-electron chi connectivity index (χ2n) is 4.17. The van der Waals surface area contributed by atoms with Crippen LogP contribution in [0.25, 0.3) is 0 Å². The molecule has 0 aromatic rings. The Balaban J connectivity index is 3.45. The van der Waals surface area contributed by atoms with E-state index in [-0.39, 0.29) is 0 Å². The van der Waals surface area contributed by atoms with Crippen molar-refractivity contribution in [3.63, 3.8) is 0 Å². The van der Waals surface area contributed by atoms with Crippen molar-refractivity contribution in [3.8, 4) is 0 Å². The molecule has 0 aliphatic heterocycles. The highest BCUT2D eigenvalue weighted by Gasteiger charge is 2.02. The molecule has 0 heterocycles. The molecule has 83 valence electrons. The molecular formula is C14H27. The van der Waals surface area contributed by atoms with Crippen molar-refractivity contribution in [1.29, 1.82) is 0 Å². The van der Waals surface area contributed by atoms with Gasteiger partial charge >= 0.3 is 0 Å². The summed E-state index contributed by atoms with van der Waals surface area (Å²) >= 11 is 0. The molecule has 0 aromatic carbocycles. The molecule has 0 aliphatic rings. The van der Waals surface area contributed by atoms with Gasteiger partial charge in [0.05, 0.1) is 0 Å². The molecule has 0 fully saturated rings. The molecule has 0 saturated carbocycles. The summed E-state index contributed by atoms with van der Waals surface area (Å²) in [6, 6.07) is 0. The van der Waals surface area contributed by atoms with Crippen molar-refractivity contribution >= 4 is 0 Å². The first-order chi connectivity index (χ1) is 6.85. The van der Waals surface area contributed by atoms with Gasteiger partial charge in [0, 0.05) is 0 Å². The topological polar surface area (TPSA) is 0 Å². The lowest BCUT2D eigenvalue weighted by molar-refractivity contribution is 0.451. The fraction of sp³-hybridized carbons (Fsp3) is 0.857. The van der Waals surface area contributed by atoms with Crippen molar-refractivity contribution in [3.05, 3.63) is 12.2 Å². The molecular weight excluding hydrogens is 168 g/mol. The van der Waals surface area contributed by atoms with Crippen LogP contribution in [-0.4, -0.2) is 0 Å². The Hall–Kier alpha value is -0.260. The fourth-order valence-electron chi connectivity index (χ4n) is 1.60. The van der Waals surface area contributed by atoms with Crippen LogP contribution in [0.5, 0.6) is 0 Å². The molecule has 0 aliphatic carbocycles. The quantitative estimate of drug-likeness (QED) is 0.447. The van der Waals surface area contributed by atoms with Crippen LogP contribution in [0, 0.1) is 12.0 Å². The number of hydrogen-bond acceptors (Lipinski definition) is 0. The third-order valence-corrected chi connectivity index (χ3v) is 2.80. The van der Waals surface area contributed by atoms with E-state index in [4.69, 9.17) is 0 Å². The Morgan fingerprint density at radius 1 is 1.07 bits per heavy atom. The van der Waals surface area contributed by atoms with Crippen LogP contribution in [0.4, 0.5) is 0 Å². The molecule has 0 amide bonds. The Morgan fingerprint density at radius 3 is 2.36 bits per heavy atom. The van der Waals surface area contributed by atoms with E-state index in [0.29, 0.717) is 0 Å². The first-order valence-electron chi connectivity index (χ1n) is 6.40. The minimum Gasteiger partial charge on any atom is -0.0810 e. The summed E-state index contributed by atoms with van der Waals surface area (Å²) in [5, 5.41) is 0. The highest BCUT2D eigenvalue weighted by molar-refractivity contribution is 4.76. The van der Waals surface area contributed by atoms with Crippen LogP contribution in [0.1, 0.15) is 72.1 Å². The van der Waals surface area contributed by atoms with E-state index < -0.39 is 0 Å². The molecule has 1 radical (unpaired) electrons. The van der Waals surface area contributed by atoms with Crippen molar-refractivity contribution in [1.82, 2.24) is 0 Å². The van der Waals surface area contributed by atoms with Gasteiger partial charge in [-0.3, -0.25) is 0 Å². The molecule has 14 heavy (non-hydrogen) atoms. The van der Waals surface area contributed by atoms with Crippen LogP contribution in [0.2, 0.25) is 0 Å². The van der Waals surface area contributed by atoms with Gasteiger partial charge in [0.15, 0.2) is 0 Å². The lowest BCUT2D eigenvalue weighted by atomic mass is 9.95. The van der Waals surface area contributed by atoms with Gasteiger partial charge in [0.1, 0.15) is 0 Å². The molecule has 1 atom stereocenters. The van der Waals surface area contributed by atoms with Gasteiger partial charge in [-0.05, 0) is 24.8 Å². The van der Waals surface area contributed by atoms with E-state index in [0.717, 1.165) is 5.92 Å². The Morgan fingerprint density at radius 2 is 1.79 bits per heavy atom. The summed E-state index contributed by atoms with van der Waals surface area (Å²) in [5.41, 5.74) is 0. The zero-order valence-corrected chi connectivity index (χ0v) is 10.3. The van der Waals surface area contributed by atoms with E-state index in [1.807, 2.05) is 0 Å². The van der Waals surface area contributed by atoms with Crippen molar-refractivity contribution in [2.45, 2.75) is 72.1 Å². The van der Waals surface area contributed by atoms with Gasteiger partial charge in [0.25, 0.3) is 0 Å². The molecule has 0 saturated heterocycles. The molecule has 0 spiro atoms. The number of hydrogen-bond donors (Lipinski definition) is 0. The van der Waals surface area contributed by atoms with Crippen LogP contribution in [-0.2, 0) is 0 Å². The largest absolute Gasteiger partial charge is 0.0810 e.